The first kappa shape index (κ1) is 15.3. The summed E-state index contributed by atoms with van der Waals surface area (Å²) in [6, 6.07) is 7.35. The van der Waals surface area contributed by atoms with E-state index in [-0.39, 0.29) is 18.6 Å². The Kier molecular flexibility index (Phi) is 5.39. The van der Waals surface area contributed by atoms with Gasteiger partial charge in [0.15, 0.2) is 6.10 Å². The van der Waals surface area contributed by atoms with Crippen molar-refractivity contribution in [2.24, 2.45) is 0 Å². The van der Waals surface area contributed by atoms with Gasteiger partial charge in [-0.15, -0.1) is 0 Å². The molecule has 1 aliphatic rings. The van der Waals surface area contributed by atoms with Gasteiger partial charge < -0.3 is 19.5 Å². The molecule has 0 aromatic heterocycles. The number of carbonyl (C=O) groups is 1. The monoisotopic (exact) mass is 343 g/mol. The Hall–Kier alpha value is -1.11. The summed E-state index contributed by atoms with van der Waals surface area (Å²) in [5.74, 6) is 0.565. The summed E-state index contributed by atoms with van der Waals surface area (Å²) < 4.78 is 11.9. The topological polar surface area (TPSA) is 59.0 Å². The molecule has 20 heavy (non-hydrogen) atoms. The molecule has 1 fully saturated rings. The zero-order valence-corrected chi connectivity index (χ0v) is 12.9. The number of halogens is 1. The van der Waals surface area contributed by atoms with Crippen molar-refractivity contribution in [3.63, 3.8) is 0 Å². The fourth-order valence-corrected chi connectivity index (χ4v) is 2.32. The second-order valence-electron chi connectivity index (χ2n) is 4.67. The Morgan fingerprint density at radius 2 is 2.25 bits per heavy atom. The number of morpholine rings is 1. The minimum absolute atomic E-state index is 0.0776. The highest BCUT2D eigenvalue weighted by molar-refractivity contribution is 9.10. The second kappa shape index (κ2) is 7.06. The van der Waals surface area contributed by atoms with Gasteiger partial charge in [0.2, 0.25) is 0 Å². The van der Waals surface area contributed by atoms with Crippen LogP contribution in [0.5, 0.6) is 5.75 Å². The minimum atomic E-state index is -0.561. The van der Waals surface area contributed by atoms with Gasteiger partial charge in [-0.25, -0.2) is 0 Å². The summed E-state index contributed by atoms with van der Waals surface area (Å²) in [4.78, 5) is 14.0. The molecule has 1 amide bonds. The molecule has 6 heteroatoms. The first-order valence-corrected chi connectivity index (χ1v) is 7.33. The lowest BCUT2D eigenvalue weighted by molar-refractivity contribution is -0.146. The van der Waals surface area contributed by atoms with Crippen molar-refractivity contribution in [1.82, 2.24) is 4.90 Å². The molecule has 0 radical (unpaired) electrons. The Morgan fingerprint density at radius 1 is 1.55 bits per heavy atom. The van der Waals surface area contributed by atoms with Crippen LogP contribution in [-0.2, 0) is 9.53 Å². The van der Waals surface area contributed by atoms with Crippen molar-refractivity contribution >= 4 is 21.8 Å². The molecule has 0 aliphatic carbocycles. The highest BCUT2D eigenvalue weighted by Crippen LogP contribution is 2.18. The molecule has 1 aromatic carbocycles. The molecule has 1 heterocycles. The van der Waals surface area contributed by atoms with E-state index in [9.17, 15) is 4.79 Å². The zero-order valence-electron chi connectivity index (χ0n) is 11.3. The maximum atomic E-state index is 12.3. The molecule has 1 saturated heterocycles. The molecule has 5 nitrogen and oxygen atoms in total. The van der Waals surface area contributed by atoms with Crippen LogP contribution in [0, 0.1) is 0 Å². The summed E-state index contributed by atoms with van der Waals surface area (Å²) in [5.41, 5.74) is 0. The molecular formula is C14H18BrNO4. The van der Waals surface area contributed by atoms with Crippen molar-refractivity contribution in [2.45, 2.75) is 19.1 Å². The number of aliphatic hydroxyl groups is 1. The molecule has 1 N–H and O–H groups in total. The highest BCUT2D eigenvalue weighted by Gasteiger charge is 2.27. The largest absolute Gasteiger partial charge is 0.481 e. The Balaban J connectivity index is 1.92. The van der Waals surface area contributed by atoms with E-state index in [1.807, 2.05) is 24.3 Å². The van der Waals surface area contributed by atoms with E-state index in [1.54, 1.807) is 11.8 Å². The van der Waals surface area contributed by atoms with Gasteiger partial charge in [-0.3, -0.25) is 4.79 Å². The summed E-state index contributed by atoms with van der Waals surface area (Å²) in [7, 11) is 0. The minimum Gasteiger partial charge on any atom is -0.481 e. The molecule has 0 spiro atoms. The number of hydrogen-bond acceptors (Lipinski definition) is 4. The molecule has 110 valence electrons. The van der Waals surface area contributed by atoms with Crippen LogP contribution in [0.2, 0.25) is 0 Å². The summed E-state index contributed by atoms with van der Waals surface area (Å²) in [5, 5.41) is 9.09. The highest BCUT2D eigenvalue weighted by atomic mass is 79.9. The van der Waals surface area contributed by atoms with Crippen molar-refractivity contribution in [1.29, 1.82) is 0 Å². The van der Waals surface area contributed by atoms with E-state index >= 15 is 0 Å². The summed E-state index contributed by atoms with van der Waals surface area (Å²) >= 11 is 3.35. The quantitative estimate of drug-likeness (QED) is 0.898. The first-order chi connectivity index (χ1) is 9.60. The van der Waals surface area contributed by atoms with E-state index < -0.39 is 6.10 Å². The van der Waals surface area contributed by atoms with E-state index in [0.717, 1.165) is 4.47 Å². The van der Waals surface area contributed by atoms with Gasteiger partial charge in [0.25, 0.3) is 5.91 Å². The Morgan fingerprint density at radius 3 is 2.90 bits per heavy atom. The SMILES string of the molecule is CC(Oc1ccc(Br)cc1)C(=O)N1CCOC(CO)C1. The molecule has 2 rings (SSSR count). The normalized spacial score (nSPS) is 20.6. The molecule has 2 atom stereocenters. The van der Waals surface area contributed by atoms with Crippen LogP contribution in [0.4, 0.5) is 0 Å². The first-order valence-electron chi connectivity index (χ1n) is 6.53. The third-order valence-corrected chi connectivity index (χ3v) is 3.66. The van der Waals surface area contributed by atoms with E-state index in [0.29, 0.717) is 25.4 Å². The number of rotatable bonds is 4. The Bertz CT molecular complexity index is 451. The smallest absolute Gasteiger partial charge is 0.263 e. The molecule has 2 unspecified atom stereocenters. The lowest BCUT2D eigenvalue weighted by Crippen LogP contribution is -2.50. The van der Waals surface area contributed by atoms with Gasteiger partial charge in [0.1, 0.15) is 5.75 Å². The zero-order chi connectivity index (χ0) is 14.5. The number of aliphatic hydroxyl groups excluding tert-OH is 1. The molecule has 0 bridgehead atoms. The molecule has 0 saturated carbocycles. The lowest BCUT2D eigenvalue weighted by Gasteiger charge is -2.33. The van der Waals surface area contributed by atoms with E-state index in [2.05, 4.69) is 15.9 Å². The number of benzene rings is 1. The van der Waals surface area contributed by atoms with Gasteiger partial charge >= 0.3 is 0 Å². The van der Waals surface area contributed by atoms with Crippen LogP contribution in [0.3, 0.4) is 0 Å². The van der Waals surface area contributed by atoms with Crippen LogP contribution in [0.25, 0.3) is 0 Å². The average Bonchev–Trinajstić information content (AvgIpc) is 2.48. The van der Waals surface area contributed by atoms with Crippen LogP contribution in [0.15, 0.2) is 28.7 Å². The average molecular weight is 344 g/mol. The van der Waals surface area contributed by atoms with Crippen LogP contribution in [-0.4, -0.2) is 54.4 Å². The van der Waals surface area contributed by atoms with Crippen LogP contribution < -0.4 is 4.74 Å². The molecular weight excluding hydrogens is 326 g/mol. The van der Waals surface area contributed by atoms with Gasteiger partial charge in [-0.05, 0) is 31.2 Å². The number of nitrogens with zero attached hydrogens (tertiary/aromatic N) is 1. The fourth-order valence-electron chi connectivity index (χ4n) is 2.05. The van der Waals surface area contributed by atoms with Gasteiger partial charge in [-0.2, -0.15) is 0 Å². The van der Waals surface area contributed by atoms with Gasteiger partial charge in [0, 0.05) is 17.6 Å². The van der Waals surface area contributed by atoms with Crippen molar-refractivity contribution in [3.8, 4) is 5.75 Å². The fraction of sp³-hybridized carbons (Fsp3) is 0.500. The lowest BCUT2D eigenvalue weighted by atomic mass is 10.2. The standard InChI is InChI=1S/C14H18BrNO4/c1-10(20-12-4-2-11(15)3-5-12)14(18)16-6-7-19-13(8-16)9-17/h2-5,10,13,17H,6-9H2,1H3. The van der Waals surface area contributed by atoms with E-state index in [1.165, 1.54) is 0 Å². The summed E-state index contributed by atoms with van der Waals surface area (Å²) in [6.45, 7) is 3.04. The Labute approximate surface area is 126 Å². The molecule has 1 aromatic rings. The van der Waals surface area contributed by atoms with Gasteiger partial charge in [-0.1, -0.05) is 15.9 Å². The van der Waals surface area contributed by atoms with Gasteiger partial charge in [0.05, 0.1) is 19.3 Å². The van der Waals surface area contributed by atoms with Crippen LogP contribution in [0.1, 0.15) is 6.92 Å². The third-order valence-electron chi connectivity index (χ3n) is 3.13. The van der Waals surface area contributed by atoms with Crippen molar-refractivity contribution < 1.29 is 19.4 Å². The van der Waals surface area contributed by atoms with Crippen LogP contribution >= 0.6 is 15.9 Å². The molecule has 1 aliphatic heterocycles. The summed E-state index contributed by atoms with van der Waals surface area (Å²) in [6.07, 6.45) is -0.860. The maximum Gasteiger partial charge on any atom is 0.263 e. The van der Waals surface area contributed by atoms with Crippen molar-refractivity contribution in [3.05, 3.63) is 28.7 Å². The second-order valence-corrected chi connectivity index (χ2v) is 5.59. The number of ether oxygens (including phenoxy) is 2. The predicted octanol–water partition coefficient (Wildman–Crippen LogP) is 1.44. The maximum absolute atomic E-state index is 12.3. The number of carbonyl (C=O) groups excluding carboxylic acids is 1. The van der Waals surface area contributed by atoms with Crippen molar-refractivity contribution in [2.75, 3.05) is 26.3 Å². The predicted molar refractivity (Wildman–Crippen MR) is 77.6 cm³/mol. The number of hydrogen-bond donors (Lipinski definition) is 1. The third kappa shape index (κ3) is 3.94. The van der Waals surface area contributed by atoms with E-state index in [4.69, 9.17) is 14.6 Å². The number of amides is 1.